The lowest BCUT2D eigenvalue weighted by atomic mass is 10.2. The van der Waals surface area contributed by atoms with Gasteiger partial charge in [0.1, 0.15) is 13.2 Å². The lowest BCUT2D eigenvalue weighted by Gasteiger charge is -2.24. The topological polar surface area (TPSA) is 55.8 Å². The van der Waals surface area contributed by atoms with Crippen LogP contribution in [0.2, 0.25) is 0 Å². The van der Waals surface area contributed by atoms with Crippen LogP contribution in [0.4, 0.5) is 0 Å². The zero-order valence-electron chi connectivity index (χ0n) is 12.3. The van der Waals surface area contributed by atoms with E-state index in [9.17, 15) is 8.42 Å². The molecule has 0 atom stereocenters. The third-order valence-corrected chi connectivity index (χ3v) is 6.06. The van der Waals surface area contributed by atoms with E-state index in [2.05, 4.69) is 0 Å². The number of benzene rings is 1. The molecular weight excluding hydrogens is 290 g/mol. The second kappa shape index (κ2) is 5.85. The van der Waals surface area contributed by atoms with Gasteiger partial charge < -0.3 is 9.47 Å². The summed E-state index contributed by atoms with van der Waals surface area (Å²) >= 11 is 0. The number of sulfonamides is 1. The third-order valence-electron chi connectivity index (χ3n) is 4.02. The van der Waals surface area contributed by atoms with Gasteiger partial charge in [-0.05, 0) is 31.4 Å². The molecule has 5 nitrogen and oxygen atoms in total. The number of aryl methyl sites for hydroxylation is 1. The number of ether oxygens (including phenoxy) is 2. The van der Waals surface area contributed by atoms with Crippen molar-refractivity contribution < 1.29 is 17.9 Å². The summed E-state index contributed by atoms with van der Waals surface area (Å²) in [6.07, 6.45) is 4.07. The van der Waals surface area contributed by atoms with Gasteiger partial charge in [-0.1, -0.05) is 12.8 Å². The second-order valence-corrected chi connectivity index (χ2v) is 7.49. The van der Waals surface area contributed by atoms with Crippen molar-refractivity contribution in [3.05, 3.63) is 17.7 Å². The molecule has 0 aliphatic carbocycles. The Balaban J connectivity index is 1.98. The van der Waals surface area contributed by atoms with Gasteiger partial charge in [0.05, 0.1) is 4.90 Å². The fourth-order valence-corrected chi connectivity index (χ4v) is 4.61. The zero-order chi connectivity index (χ0) is 14.9. The molecule has 6 heteroatoms. The third kappa shape index (κ3) is 2.87. The maximum absolute atomic E-state index is 12.9. The van der Waals surface area contributed by atoms with Crippen LogP contribution in [0.25, 0.3) is 0 Å². The molecule has 0 N–H and O–H groups in total. The number of fused-ring (bicyclic) bond motifs is 1. The molecule has 21 heavy (non-hydrogen) atoms. The Morgan fingerprint density at radius 3 is 2.14 bits per heavy atom. The average Bonchev–Trinajstić information content (AvgIpc) is 2.76. The smallest absolute Gasteiger partial charge is 0.243 e. The zero-order valence-corrected chi connectivity index (χ0v) is 13.1. The first-order valence-corrected chi connectivity index (χ1v) is 8.93. The Morgan fingerprint density at radius 1 is 0.952 bits per heavy atom. The minimum atomic E-state index is -3.45. The maximum atomic E-state index is 12.9. The number of rotatable bonds is 2. The highest BCUT2D eigenvalue weighted by atomic mass is 32.2. The molecule has 0 aromatic heterocycles. The SMILES string of the molecule is Cc1cc2c(cc1S(=O)(=O)N1CCCCCC1)OCCO2. The molecule has 0 bridgehead atoms. The fraction of sp³-hybridized carbons (Fsp3) is 0.600. The largest absolute Gasteiger partial charge is 0.486 e. The van der Waals surface area contributed by atoms with Crippen LogP contribution < -0.4 is 9.47 Å². The van der Waals surface area contributed by atoms with Gasteiger partial charge in [0.25, 0.3) is 0 Å². The van der Waals surface area contributed by atoms with Gasteiger partial charge in [0, 0.05) is 19.2 Å². The van der Waals surface area contributed by atoms with Gasteiger partial charge in [0.15, 0.2) is 11.5 Å². The average molecular weight is 311 g/mol. The first kappa shape index (κ1) is 14.7. The summed E-state index contributed by atoms with van der Waals surface area (Å²) in [6, 6.07) is 3.38. The van der Waals surface area contributed by atoms with Crippen LogP contribution in [-0.4, -0.2) is 39.0 Å². The molecule has 0 spiro atoms. The van der Waals surface area contributed by atoms with Crippen molar-refractivity contribution in [1.29, 1.82) is 0 Å². The Hall–Kier alpha value is -1.27. The molecule has 2 aliphatic rings. The molecule has 1 aromatic carbocycles. The summed E-state index contributed by atoms with van der Waals surface area (Å²) in [7, 11) is -3.45. The molecule has 1 saturated heterocycles. The summed E-state index contributed by atoms with van der Waals surface area (Å²) in [5.41, 5.74) is 0.712. The Morgan fingerprint density at radius 2 is 1.52 bits per heavy atom. The van der Waals surface area contributed by atoms with Crippen LogP contribution in [0.5, 0.6) is 11.5 Å². The monoisotopic (exact) mass is 311 g/mol. The van der Waals surface area contributed by atoms with Crippen molar-refractivity contribution >= 4 is 10.0 Å². The Bertz CT molecular complexity index is 619. The summed E-state index contributed by atoms with van der Waals surface area (Å²) in [5, 5.41) is 0. The maximum Gasteiger partial charge on any atom is 0.243 e. The molecule has 2 aliphatic heterocycles. The summed E-state index contributed by atoms with van der Waals surface area (Å²) in [6.45, 7) is 3.99. The summed E-state index contributed by atoms with van der Waals surface area (Å²) in [4.78, 5) is 0.341. The minimum absolute atomic E-state index is 0.341. The van der Waals surface area contributed by atoms with Gasteiger partial charge in [-0.25, -0.2) is 8.42 Å². The first-order valence-electron chi connectivity index (χ1n) is 7.49. The van der Waals surface area contributed by atoms with Gasteiger partial charge in [-0.3, -0.25) is 0 Å². The van der Waals surface area contributed by atoms with Crippen molar-refractivity contribution in [1.82, 2.24) is 4.31 Å². The molecule has 0 amide bonds. The highest BCUT2D eigenvalue weighted by Crippen LogP contribution is 2.36. The second-order valence-electron chi connectivity index (χ2n) is 5.58. The van der Waals surface area contributed by atoms with E-state index in [4.69, 9.17) is 9.47 Å². The normalized spacial score (nSPS) is 20.0. The van der Waals surface area contributed by atoms with E-state index in [0.29, 0.717) is 48.3 Å². The Kier molecular flexibility index (Phi) is 4.08. The highest BCUT2D eigenvalue weighted by Gasteiger charge is 2.28. The van der Waals surface area contributed by atoms with E-state index in [-0.39, 0.29) is 0 Å². The standard InChI is InChI=1S/C15H21NO4S/c1-12-10-13-14(20-9-8-19-13)11-15(12)21(17,18)16-6-4-2-3-5-7-16/h10-11H,2-9H2,1H3. The van der Waals surface area contributed by atoms with E-state index in [1.54, 1.807) is 16.4 Å². The highest BCUT2D eigenvalue weighted by molar-refractivity contribution is 7.89. The summed E-state index contributed by atoms with van der Waals surface area (Å²) in [5.74, 6) is 1.16. The minimum Gasteiger partial charge on any atom is -0.486 e. The van der Waals surface area contributed by atoms with Gasteiger partial charge in [-0.2, -0.15) is 4.31 Å². The van der Waals surface area contributed by atoms with E-state index >= 15 is 0 Å². The predicted octanol–water partition coefficient (Wildman–Crippen LogP) is 2.33. The molecule has 1 fully saturated rings. The van der Waals surface area contributed by atoms with Crippen molar-refractivity contribution in [2.75, 3.05) is 26.3 Å². The lowest BCUT2D eigenvalue weighted by Crippen LogP contribution is -2.32. The van der Waals surface area contributed by atoms with E-state index < -0.39 is 10.0 Å². The van der Waals surface area contributed by atoms with Gasteiger partial charge in [-0.15, -0.1) is 0 Å². The lowest BCUT2D eigenvalue weighted by molar-refractivity contribution is 0.171. The van der Waals surface area contributed by atoms with E-state index in [1.165, 1.54) is 0 Å². The van der Waals surface area contributed by atoms with Crippen LogP contribution >= 0.6 is 0 Å². The van der Waals surface area contributed by atoms with Crippen molar-refractivity contribution in [2.24, 2.45) is 0 Å². The van der Waals surface area contributed by atoms with E-state index in [0.717, 1.165) is 25.7 Å². The first-order chi connectivity index (χ1) is 10.1. The van der Waals surface area contributed by atoms with Crippen LogP contribution in [0.1, 0.15) is 31.2 Å². The molecule has 1 aromatic rings. The quantitative estimate of drug-likeness (QED) is 0.841. The molecule has 0 radical (unpaired) electrons. The number of hydrogen-bond acceptors (Lipinski definition) is 4. The fourth-order valence-electron chi connectivity index (χ4n) is 2.87. The molecule has 2 heterocycles. The van der Waals surface area contributed by atoms with Gasteiger partial charge >= 0.3 is 0 Å². The van der Waals surface area contributed by atoms with E-state index in [1.807, 2.05) is 6.92 Å². The van der Waals surface area contributed by atoms with Crippen molar-refractivity contribution in [3.8, 4) is 11.5 Å². The van der Waals surface area contributed by atoms with Crippen LogP contribution in [0, 0.1) is 6.92 Å². The predicted molar refractivity (Wildman–Crippen MR) is 79.4 cm³/mol. The molecule has 0 saturated carbocycles. The molecule has 0 unspecified atom stereocenters. The number of nitrogens with zero attached hydrogens (tertiary/aromatic N) is 1. The summed E-state index contributed by atoms with van der Waals surface area (Å²) < 4.78 is 38.4. The van der Waals surface area contributed by atoms with Crippen LogP contribution in [-0.2, 0) is 10.0 Å². The van der Waals surface area contributed by atoms with Crippen LogP contribution in [0.15, 0.2) is 17.0 Å². The van der Waals surface area contributed by atoms with Crippen LogP contribution in [0.3, 0.4) is 0 Å². The molecule has 3 rings (SSSR count). The van der Waals surface area contributed by atoms with Crippen molar-refractivity contribution in [2.45, 2.75) is 37.5 Å². The van der Waals surface area contributed by atoms with Crippen molar-refractivity contribution in [3.63, 3.8) is 0 Å². The number of hydrogen-bond donors (Lipinski definition) is 0. The van der Waals surface area contributed by atoms with Gasteiger partial charge in [0.2, 0.25) is 10.0 Å². The molecular formula is C15H21NO4S. The Labute approximate surface area is 125 Å². The molecule has 116 valence electrons.